The monoisotopic (exact) mass is 286 g/mol. The molecule has 0 N–H and O–H groups in total. The molecule has 1 aromatic carbocycles. The minimum absolute atomic E-state index is 0.514. The summed E-state index contributed by atoms with van der Waals surface area (Å²) in [7, 11) is 0. The van der Waals surface area contributed by atoms with Gasteiger partial charge in [-0.25, -0.2) is 0 Å². The van der Waals surface area contributed by atoms with E-state index in [4.69, 9.17) is 11.6 Å². The number of hydrogen-bond acceptors (Lipinski definition) is 0. The standard InChI is InChI=1S/C13H16BrCl/c1-9-7-11(3-4-12(9)15)8-13(5-6-13)10(2)14/h3-4,7,10H,5-6,8H2,1-2H3. The van der Waals surface area contributed by atoms with E-state index in [9.17, 15) is 0 Å². The molecule has 1 aliphatic rings. The van der Waals surface area contributed by atoms with Crippen LogP contribution in [0, 0.1) is 12.3 Å². The van der Waals surface area contributed by atoms with Crippen molar-refractivity contribution in [3.8, 4) is 0 Å². The number of rotatable bonds is 3. The van der Waals surface area contributed by atoms with Crippen LogP contribution in [0.3, 0.4) is 0 Å². The molecule has 0 heterocycles. The van der Waals surface area contributed by atoms with Gasteiger partial charge in [-0.3, -0.25) is 0 Å². The molecule has 0 radical (unpaired) electrons. The Hall–Kier alpha value is -0.0100. The predicted molar refractivity (Wildman–Crippen MR) is 69.9 cm³/mol. The molecule has 2 rings (SSSR count). The van der Waals surface area contributed by atoms with Gasteiger partial charge in [-0.1, -0.05) is 46.6 Å². The van der Waals surface area contributed by atoms with E-state index in [1.54, 1.807) is 0 Å². The Bertz CT molecular complexity index is 367. The SMILES string of the molecule is Cc1cc(CC2(C(C)Br)CC2)ccc1Cl. The number of hydrogen-bond donors (Lipinski definition) is 0. The Kier molecular flexibility index (Phi) is 3.14. The summed E-state index contributed by atoms with van der Waals surface area (Å²) in [4.78, 5) is 0.612. The van der Waals surface area contributed by atoms with Gasteiger partial charge in [0.2, 0.25) is 0 Å². The largest absolute Gasteiger partial charge is 0.0888 e. The summed E-state index contributed by atoms with van der Waals surface area (Å²) in [5.41, 5.74) is 3.12. The first-order chi connectivity index (χ1) is 7.03. The fraction of sp³-hybridized carbons (Fsp3) is 0.538. The van der Waals surface area contributed by atoms with Crippen LogP contribution in [-0.4, -0.2) is 4.83 Å². The average Bonchev–Trinajstić information content (AvgIpc) is 2.93. The van der Waals surface area contributed by atoms with Crippen LogP contribution in [0.5, 0.6) is 0 Å². The van der Waals surface area contributed by atoms with Gasteiger partial charge in [0.1, 0.15) is 0 Å². The van der Waals surface area contributed by atoms with Crippen molar-refractivity contribution in [2.24, 2.45) is 5.41 Å². The van der Waals surface area contributed by atoms with Gasteiger partial charge < -0.3 is 0 Å². The van der Waals surface area contributed by atoms with E-state index in [0.29, 0.717) is 10.2 Å². The van der Waals surface area contributed by atoms with Crippen LogP contribution in [-0.2, 0) is 6.42 Å². The predicted octanol–water partition coefficient (Wildman–Crippen LogP) is 4.75. The Morgan fingerprint density at radius 1 is 1.47 bits per heavy atom. The fourth-order valence-corrected chi connectivity index (χ4v) is 2.84. The molecule has 82 valence electrons. The third kappa shape index (κ3) is 2.39. The van der Waals surface area contributed by atoms with Gasteiger partial charge in [0.25, 0.3) is 0 Å². The molecule has 0 spiro atoms. The fourth-order valence-electron chi connectivity index (χ4n) is 2.10. The molecule has 1 aliphatic carbocycles. The first-order valence-corrected chi connectivity index (χ1v) is 6.72. The van der Waals surface area contributed by atoms with Crippen LogP contribution >= 0.6 is 27.5 Å². The van der Waals surface area contributed by atoms with Gasteiger partial charge in [0, 0.05) is 9.85 Å². The molecular formula is C13H16BrCl. The highest BCUT2D eigenvalue weighted by Crippen LogP contribution is 2.53. The zero-order valence-electron chi connectivity index (χ0n) is 9.19. The summed E-state index contributed by atoms with van der Waals surface area (Å²) in [5, 5.41) is 0.871. The summed E-state index contributed by atoms with van der Waals surface area (Å²) in [6.45, 7) is 4.33. The molecule has 0 amide bonds. The molecule has 0 nitrogen and oxygen atoms in total. The zero-order chi connectivity index (χ0) is 11.1. The minimum Gasteiger partial charge on any atom is -0.0888 e. The lowest BCUT2D eigenvalue weighted by atomic mass is 9.93. The lowest BCUT2D eigenvalue weighted by Crippen LogP contribution is -2.15. The highest BCUT2D eigenvalue weighted by molar-refractivity contribution is 9.09. The molecule has 0 saturated heterocycles. The van der Waals surface area contributed by atoms with Crippen molar-refractivity contribution < 1.29 is 0 Å². The second-order valence-electron chi connectivity index (χ2n) is 4.74. The molecule has 1 fully saturated rings. The van der Waals surface area contributed by atoms with Crippen LogP contribution in [0.4, 0.5) is 0 Å². The van der Waals surface area contributed by atoms with Crippen molar-refractivity contribution in [2.75, 3.05) is 0 Å². The summed E-state index contributed by atoms with van der Waals surface area (Å²) in [5.74, 6) is 0. The number of alkyl halides is 1. The van der Waals surface area contributed by atoms with Crippen LogP contribution in [0.15, 0.2) is 18.2 Å². The Balaban J connectivity index is 2.15. The van der Waals surface area contributed by atoms with Gasteiger partial charge in [0.15, 0.2) is 0 Å². The smallest absolute Gasteiger partial charge is 0.0435 e. The van der Waals surface area contributed by atoms with Crippen molar-refractivity contribution in [3.63, 3.8) is 0 Å². The molecule has 0 aliphatic heterocycles. The molecule has 1 saturated carbocycles. The number of benzene rings is 1. The first-order valence-electron chi connectivity index (χ1n) is 5.43. The van der Waals surface area contributed by atoms with Crippen molar-refractivity contribution in [1.82, 2.24) is 0 Å². The van der Waals surface area contributed by atoms with Gasteiger partial charge in [-0.05, 0) is 48.8 Å². The Morgan fingerprint density at radius 2 is 2.13 bits per heavy atom. The molecule has 2 heteroatoms. The Labute approximate surface area is 105 Å². The van der Waals surface area contributed by atoms with E-state index in [2.05, 4.69) is 41.9 Å². The molecule has 0 bridgehead atoms. The lowest BCUT2D eigenvalue weighted by Gasteiger charge is -2.18. The molecule has 0 aromatic heterocycles. The zero-order valence-corrected chi connectivity index (χ0v) is 11.5. The lowest BCUT2D eigenvalue weighted by molar-refractivity contribution is 0.509. The van der Waals surface area contributed by atoms with E-state index in [1.807, 2.05) is 6.07 Å². The summed E-state index contributed by atoms with van der Waals surface area (Å²) in [6, 6.07) is 6.39. The second kappa shape index (κ2) is 4.10. The van der Waals surface area contributed by atoms with Gasteiger partial charge in [0.05, 0.1) is 0 Å². The van der Waals surface area contributed by atoms with Gasteiger partial charge >= 0.3 is 0 Å². The first kappa shape index (κ1) is 11.5. The average molecular weight is 288 g/mol. The third-order valence-electron chi connectivity index (χ3n) is 3.51. The summed E-state index contributed by atoms with van der Waals surface area (Å²) >= 11 is 9.74. The molecule has 15 heavy (non-hydrogen) atoms. The Morgan fingerprint density at radius 3 is 2.60 bits per heavy atom. The van der Waals surface area contributed by atoms with Crippen LogP contribution in [0.2, 0.25) is 5.02 Å². The highest BCUT2D eigenvalue weighted by atomic mass is 79.9. The van der Waals surface area contributed by atoms with Crippen molar-refractivity contribution in [1.29, 1.82) is 0 Å². The quantitative estimate of drug-likeness (QED) is 0.704. The van der Waals surface area contributed by atoms with Crippen LogP contribution in [0.25, 0.3) is 0 Å². The van der Waals surface area contributed by atoms with E-state index in [0.717, 1.165) is 5.02 Å². The maximum Gasteiger partial charge on any atom is 0.0435 e. The second-order valence-corrected chi connectivity index (χ2v) is 6.52. The van der Waals surface area contributed by atoms with E-state index in [-0.39, 0.29) is 0 Å². The van der Waals surface area contributed by atoms with E-state index >= 15 is 0 Å². The minimum atomic E-state index is 0.514. The highest BCUT2D eigenvalue weighted by Gasteiger charge is 2.45. The molecule has 1 atom stereocenters. The third-order valence-corrected chi connectivity index (χ3v) is 4.91. The van der Waals surface area contributed by atoms with Crippen molar-refractivity contribution in [2.45, 2.75) is 37.9 Å². The van der Waals surface area contributed by atoms with Crippen molar-refractivity contribution >= 4 is 27.5 Å². The normalized spacial score (nSPS) is 20.0. The van der Waals surface area contributed by atoms with Gasteiger partial charge in [-0.15, -0.1) is 0 Å². The maximum atomic E-state index is 6.02. The molecular weight excluding hydrogens is 271 g/mol. The summed E-state index contributed by atoms with van der Waals surface area (Å²) < 4.78 is 0. The number of halogens is 2. The molecule has 1 unspecified atom stereocenters. The number of aryl methyl sites for hydroxylation is 1. The molecule has 1 aromatic rings. The van der Waals surface area contributed by atoms with Crippen molar-refractivity contribution in [3.05, 3.63) is 34.3 Å². The summed E-state index contributed by atoms with van der Waals surface area (Å²) in [6.07, 6.45) is 3.87. The van der Waals surface area contributed by atoms with E-state index < -0.39 is 0 Å². The van der Waals surface area contributed by atoms with Crippen LogP contribution in [0.1, 0.15) is 30.9 Å². The maximum absolute atomic E-state index is 6.02. The van der Waals surface area contributed by atoms with E-state index in [1.165, 1.54) is 30.4 Å². The topological polar surface area (TPSA) is 0 Å². The van der Waals surface area contributed by atoms with Gasteiger partial charge in [-0.2, -0.15) is 0 Å². The van der Waals surface area contributed by atoms with Crippen LogP contribution < -0.4 is 0 Å².